The Labute approximate surface area is 193 Å². The van der Waals surface area contributed by atoms with Crippen molar-refractivity contribution in [2.45, 2.75) is 19.2 Å². The molecule has 1 aromatic heterocycles. The van der Waals surface area contributed by atoms with E-state index in [1.54, 1.807) is 31.2 Å². The molecular weight excluding hydrogens is 539 g/mol. The Morgan fingerprint density at radius 1 is 1.26 bits per heavy atom. The average Bonchev–Trinajstić information content (AvgIpc) is 2.66. The summed E-state index contributed by atoms with van der Waals surface area (Å²) in [4.78, 5) is 29.6. The Morgan fingerprint density at radius 2 is 2.00 bits per heavy atom. The molecule has 0 fully saturated rings. The molecule has 0 aliphatic carbocycles. The number of aryl methyl sites for hydroxylation is 1. The molecule has 0 saturated heterocycles. The molecule has 0 aliphatic heterocycles. The number of oxime groups is 1. The molecule has 1 heterocycles. The van der Waals surface area contributed by atoms with Crippen LogP contribution in [0.25, 0.3) is 0 Å². The van der Waals surface area contributed by atoms with Crippen molar-refractivity contribution < 1.29 is 18.0 Å². The van der Waals surface area contributed by atoms with Crippen molar-refractivity contribution in [2.75, 3.05) is 17.9 Å². The lowest BCUT2D eigenvalue weighted by Gasteiger charge is -2.13. The molecule has 0 atom stereocenters. The fourth-order valence-electron chi connectivity index (χ4n) is 2.55. The number of guanidine groups is 1. The predicted molar refractivity (Wildman–Crippen MR) is 126 cm³/mol. The number of sulfonamides is 1. The van der Waals surface area contributed by atoms with Gasteiger partial charge in [0.15, 0.2) is 0 Å². The molecule has 0 radical (unpaired) electrons. The summed E-state index contributed by atoms with van der Waals surface area (Å²) < 4.78 is 29.4. The molecule has 13 heteroatoms. The molecule has 0 bridgehead atoms. The van der Waals surface area contributed by atoms with E-state index in [-0.39, 0.29) is 37.1 Å². The molecule has 0 saturated carbocycles. The first-order chi connectivity index (χ1) is 14.6. The van der Waals surface area contributed by atoms with Crippen LogP contribution in [0.2, 0.25) is 0 Å². The van der Waals surface area contributed by atoms with E-state index in [9.17, 15) is 18.0 Å². The van der Waals surface area contributed by atoms with Crippen LogP contribution in [-0.2, 0) is 32.0 Å². The monoisotopic (exact) mass is 562 g/mol. The number of nitrogens with one attached hydrogen (secondary N) is 2. The molecule has 168 valence electrons. The van der Waals surface area contributed by atoms with Crippen molar-refractivity contribution in [3.05, 3.63) is 61.6 Å². The molecule has 2 rings (SSSR count). The molecular formula is C18H23IN6O5S. The first-order valence-corrected chi connectivity index (χ1v) is 11.7. The molecule has 11 nitrogen and oxygen atoms in total. The van der Waals surface area contributed by atoms with Crippen LogP contribution >= 0.6 is 22.6 Å². The number of carbonyl (C=O) groups is 1. The number of halogens is 1. The van der Waals surface area contributed by atoms with Crippen LogP contribution in [0.3, 0.4) is 0 Å². The highest BCUT2D eigenvalue weighted by Gasteiger charge is 2.17. The summed E-state index contributed by atoms with van der Waals surface area (Å²) in [5.41, 5.74) is 10.5. The first kappa shape index (κ1) is 24.5. The quantitative estimate of drug-likeness (QED) is 0.104. The Kier molecular flexibility index (Phi) is 8.67. The van der Waals surface area contributed by atoms with Crippen LogP contribution in [0.5, 0.6) is 0 Å². The summed E-state index contributed by atoms with van der Waals surface area (Å²) >= 11 is 2.09. The van der Waals surface area contributed by atoms with Gasteiger partial charge in [0.25, 0.3) is 5.56 Å². The third kappa shape index (κ3) is 8.09. The third-order valence-electron chi connectivity index (χ3n) is 3.89. The number of anilines is 1. The summed E-state index contributed by atoms with van der Waals surface area (Å²) in [5.74, 6) is -0.986. The number of amides is 1. The van der Waals surface area contributed by atoms with Crippen LogP contribution in [0.1, 0.15) is 11.3 Å². The molecule has 0 unspecified atom stereocenters. The van der Waals surface area contributed by atoms with Crippen molar-refractivity contribution in [1.29, 1.82) is 0 Å². The van der Waals surface area contributed by atoms with E-state index in [1.807, 2.05) is 6.07 Å². The standard InChI is InChI=1S/C18H23IN6O5S/c1-12-5-6-15(24-31(28,29)11-13-3-2-4-14(19)9-13)17(27)25(12)10-16(26)22-7-8-30-23-18(20)21/h2-6,9,24H,7-8,10-11H2,1H3,(H,22,26)(H4,20,21,23). The van der Waals surface area contributed by atoms with E-state index in [1.165, 1.54) is 10.6 Å². The lowest BCUT2D eigenvalue weighted by Crippen LogP contribution is -2.36. The van der Waals surface area contributed by atoms with E-state index >= 15 is 0 Å². The Morgan fingerprint density at radius 3 is 2.68 bits per heavy atom. The Bertz CT molecular complexity index is 1130. The van der Waals surface area contributed by atoms with Crippen molar-refractivity contribution in [2.24, 2.45) is 16.6 Å². The number of carbonyl (C=O) groups excluding carboxylic acids is 1. The summed E-state index contributed by atoms with van der Waals surface area (Å²) in [7, 11) is -3.83. The van der Waals surface area contributed by atoms with Gasteiger partial charge in [-0.15, -0.1) is 0 Å². The molecule has 1 aromatic carbocycles. The number of hydrogen-bond acceptors (Lipinski definition) is 6. The molecule has 6 N–H and O–H groups in total. The van der Waals surface area contributed by atoms with Crippen molar-refractivity contribution in [3.8, 4) is 0 Å². The molecule has 0 aliphatic rings. The molecule has 2 aromatic rings. The van der Waals surface area contributed by atoms with Gasteiger partial charge in [0.1, 0.15) is 18.8 Å². The zero-order chi connectivity index (χ0) is 23.0. The topological polar surface area (TPSA) is 171 Å². The number of rotatable bonds is 10. The first-order valence-electron chi connectivity index (χ1n) is 9.00. The lowest BCUT2D eigenvalue weighted by molar-refractivity contribution is -0.122. The summed E-state index contributed by atoms with van der Waals surface area (Å²) in [6, 6.07) is 9.97. The number of nitrogens with two attached hydrogens (primary N) is 2. The second-order valence-corrected chi connectivity index (χ2v) is 9.44. The highest BCUT2D eigenvalue weighted by atomic mass is 127. The van der Waals surface area contributed by atoms with Gasteiger partial charge in [-0.05, 0) is 64.5 Å². The zero-order valence-electron chi connectivity index (χ0n) is 16.7. The largest absolute Gasteiger partial charge is 0.391 e. The average molecular weight is 562 g/mol. The van der Waals surface area contributed by atoms with Gasteiger partial charge in [0, 0.05) is 9.26 Å². The van der Waals surface area contributed by atoms with Gasteiger partial charge in [-0.1, -0.05) is 12.1 Å². The highest BCUT2D eigenvalue weighted by molar-refractivity contribution is 14.1. The van der Waals surface area contributed by atoms with Gasteiger partial charge >= 0.3 is 0 Å². The molecule has 31 heavy (non-hydrogen) atoms. The summed E-state index contributed by atoms with van der Waals surface area (Å²) in [5, 5.41) is 5.87. The van der Waals surface area contributed by atoms with E-state index in [2.05, 4.69) is 37.8 Å². The van der Waals surface area contributed by atoms with Crippen molar-refractivity contribution in [3.63, 3.8) is 0 Å². The maximum absolute atomic E-state index is 12.7. The van der Waals surface area contributed by atoms with Crippen LogP contribution < -0.4 is 27.1 Å². The number of benzene rings is 1. The van der Waals surface area contributed by atoms with Gasteiger partial charge < -0.3 is 26.2 Å². The highest BCUT2D eigenvalue weighted by Crippen LogP contribution is 2.13. The smallest absolute Gasteiger partial charge is 0.275 e. The third-order valence-corrected chi connectivity index (χ3v) is 5.81. The SMILES string of the molecule is Cc1ccc(NS(=O)(=O)Cc2cccc(I)c2)c(=O)n1CC(=O)NCCON=C(N)N. The normalized spacial score (nSPS) is 10.9. The fraction of sp³-hybridized carbons (Fsp3) is 0.278. The van der Waals surface area contributed by atoms with E-state index in [0.717, 1.165) is 3.57 Å². The molecule has 0 spiro atoms. The minimum atomic E-state index is -3.83. The van der Waals surface area contributed by atoms with E-state index in [4.69, 9.17) is 16.3 Å². The van der Waals surface area contributed by atoms with Crippen LogP contribution in [0, 0.1) is 10.5 Å². The van der Waals surface area contributed by atoms with Gasteiger partial charge in [0.05, 0.1) is 12.3 Å². The summed E-state index contributed by atoms with van der Waals surface area (Å²) in [6.45, 7) is 1.50. The predicted octanol–water partition coefficient (Wildman–Crippen LogP) is 0.0244. The van der Waals surface area contributed by atoms with Crippen molar-refractivity contribution in [1.82, 2.24) is 9.88 Å². The van der Waals surface area contributed by atoms with Crippen LogP contribution in [-0.4, -0.2) is 38.0 Å². The maximum atomic E-state index is 12.7. The van der Waals surface area contributed by atoms with Gasteiger partial charge in [0.2, 0.25) is 21.9 Å². The Hall–Kier alpha value is -2.81. The minimum absolute atomic E-state index is 0.0375. The number of aromatic nitrogens is 1. The fourth-order valence-corrected chi connectivity index (χ4v) is 4.34. The second-order valence-electron chi connectivity index (χ2n) is 6.47. The number of pyridine rings is 1. The van der Waals surface area contributed by atoms with Crippen LogP contribution in [0.4, 0.5) is 5.69 Å². The van der Waals surface area contributed by atoms with E-state index < -0.39 is 21.5 Å². The minimum Gasteiger partial charge on any atom is -0.391 e. The van der Waals surface area contributed by atoms with Crippen molar-refractivity contribution >= 4 is 50.2 Å². The van der Waals surface area contributed by atoms with Gasteiger partial charge in [-0.2, -0.15) is 0 Å². The lowest BCUT2D eigenvalue weighted by atomic mass is 10.2. The maximum Gasteiger partial charge on any atom is 0.275 e. The second kappa shape index (κ2) is 11.0. The summed E-state index contributed by atoms with van der Waals surface area (Å²) in [6.07, 6.45) is 0. The number of hydrogen-bond donors (Lipinski definition) is 4. The zero-order valence-corrected chi connectivity index (χ0v) is 19.6. The number of nitrogens with zero attached hydrogens (tertiary/aromatic N) is 2. The van der Waals surface area contributed by atoms with Gasteiger partial charge in [-0.25, -0.2) is 8.42 Å². The molecule has 1 amide bonds. The van der Waals surface area contributed by atoms with Gasteiger partial charge in [-0.3, -0.25) is 14.3 Å². The van der Waals surface area contributed by atoms with E-state index in [0.29, 0.717) is 11.3 Å². The van der Waals surface area contributed by atoms with Crippen LogP contribution in [0.15, 0.2) is 46.3 Å². The Balaban J connectivity index is 2.07.